The number of benzene rings is 2. The molecule has 0 bridgehead atoms. The van der Waals surface area contributed by atoms with Crippen molar-refractivity contribution in [2.24, 2.45) is 0 Å². The molecule has 34 heavy (non-hydrogen) atoms. The van der Waals surface area contributed by atoms with Crippen LogP contribution < -0.4 is 5.32 Å². The summed E-state index contributed by atoms with van der Waals surface area (Å²) >= 11 is 0. The third kappa shape index (κ3) is 3.99. The van der Waals surface area contributed by atoms with Gasteiger partial charge < -0.3 is 10.3 Å². The van der Waals surface area contributed by atoms with Crippen molar-refractivity contribution in [3.05, 3.63) is 71.7 Å². The molecule has 0 fully saturated rings. The van der Waals surface area contributed by atoms with Crippen LogP contribution in [0.4, 0.5) is 4.39 Å². The van der Waals surface area contributed by atoms with Crippen LogP contribution >= 0.6 is 0 Å². The highest BCUT2D eigenvalue weighted by Gasteiger charge is 2.17. The summed E-state index contributed by atoms with van der Waals surface area (Å²) < 4.78 is 14.0. The molecular weight excluding hydrogens is 427 g/mol. The molecule has 3 N–H and O–H groups in total. The van der Waals surface area contributed by atoms with E-state index in [1.54, 1.807) is 6.20 Å². The molecule has 4 heterocycles. The van der Waals surface area contributed by atoms with Gasteiger partial charge in [-0.2, -0.15) is 5.10 Å². The van der Waals surface area contributed by atoms with Gasteiger partial charge in [0.15, 0.2) is 11.5 Å². The predicted octanol–water partition coefficient (Wildman–Crippen LogP) is 6.02. The normalized spacial score (nSPS) is 13.6. The second-order valence-corrected chi connectivity index (χ2v) is 8.18. The van der Waals surface area contributed by atoms with Gasteiger partial charge in [0.1, 0.15) is 11.5 Å². The molecule has 3 aromatic heterocycles. The average molecular weight is 455 g/mol. The van der Waals surface area contributed by atoms with E-state index in [0.29, 0.717) is 11.5 Å². The standard InChI is InChI=1S/C25H21FN6.C2H6/c1-14-10-17(12-18(26)11-14)19-6-9-28-24-22(19)29-25(30-24)23-20-13-16(2-3-21(20)31-32-23)15-4-7-27-8-5-15;1-2/h2-4,6,9-13,27H,5,7-8H2,1H3,(H,31,32)(H,28,29,30);1-2H3. The molecule has 0 aliphatic carbocycles. The van der Waals surface area contributed by atoms with E-state index in [9.17, 15) is 4.39 Å². The monoisotopic (exact) mass is 454 g/mol. The van der Waals surface area contributed by atoms with Crippen LogP contribution in [0.3, 0.4) is 0 Å². The number of rotatable bonds is 3. The maximum Gasteiger partial charge on any atom is 0.178 e. The summed E-state index contributed by atoms with van der Waals surface area (Å²) in [4.78, 5) is 12.5. The predicted molar refractivity (Wildman–Crippen MR) is 136 cm³/mol. The van der Waals surface area contributed by atoms with Gasteiger partial charge in [0.25, 0.3) is 0 Å². The number of nitrogens with zero attached hydrogens (tertiary/aromatic N) is 3. The molecule has 6 rings (SSSR count). The van der Waals surface area contributed by atoms with Gasteiger partial charge in [-0.25, -0.2) is 14.4 Å². The van der Waals surface area contributed by atoms with Crippen LogP contribution in [0.5, 0.6) is 0 Å². The molecule has 0 spiro atoms. The number of fused-ring (bicyclic) bond motifs is 2. The van der Waals surface area contributed by atoms with E-state index in [1.807, 2.05) is 32.9 Å². The average Bonchev–Trinajstić information content (AvgIpc) is 3.48. The zero-order chi connectivity index (χ0) is 23.7. The van der Waals surface area contributed by atoms with E-state index in [0.717, 1.165) is 58.3 Å². The molecule has 6 nitrogen and oxygen atoms in total. The van der Waals surface area contributed by atoms with Crippen LogP contribution in [-0.2, 0) is 0 Å². The zero-order valence-corrected chi connectivity index (χ0v) is 19.5. The lowest BCUT2D eigenvalue weighted by Gasteiger charge is -2.14. The second-order valence-electron chi connectivity index (χ2n) is 8.18. The van der Waals surface area contributed by atoms with Gasteiger partial charge in [0, 0.05) is 23.7 Å². The molecule has 0 unspecified atom stereocenters. The van der Waals surface area contributed by atoms with Crippen molar-refractivity contribution in [2.45, 2.75) is 27.2 Å². The van der Waals surface area contributed by atoms with Crippen LogP contribution in [0.25, 0.3) is 50.3 Å². The maximum atomic E-state index is 14.0. The summed E-state index contributed by atoms with van der Waals surface area (Å²) in [6, 6.07) is 13.3. The van der Waals surface area contributed by atoms with Crippen molar-refractivity contribution in [3.63, 3.8) is 0 Å². The van der Waals surface area contributed by atoms with Crippen LogP contribution in [0, 0.1) is 12.7 Å². The van der Waals surface area contributed by atoms with Crippen molar-refractivity contribution in [1.29, 1.82) is 0 Å². The Balaban J connectivity index is 0.00000117. The molecule has 0 atom stereocenters. The van der Waals surface area contributed by atoms with Gasteiger partial charge in [-0.1, -0.05) is 32.1 Å². The highest BCUT2D eigenvalue weighted by atomic mass is 19.1. The number of aromatic nitrogens is 5. The van der Waals surface area contributed by atoms with Gasteiger partial charge >= 0.3 is 0 Å². The minimum Gasteiger partial charge on any atom is -0.335 e. The van der Waals surface area contributed by atoms with Gasteiger partial charge in [-0.15, -0.1) is 0 Å². The van der Waals surface area contributed by atoms with Crippen molar-refractivity contribution < 1.29 is 4.39 Å². The topological polar surface area (TPSA) is 82.3 Å². The molecule has 5 aromatic rings. The smallest absolute Gasteiger partial charge is 0.178 e. The zero-order valence-electron chi connectivity index (χ0n) is 19.5. The summed E-state index contributed by atoms with van der Waals surface area (Å²) in [5.74, 6) is 0.374. The van der Waals surface area contributed by atoms with Crippen molar-refractivity contribution in [2.75, 3.05) is 13.1 Å². The number of pyridine rings is 1. The lowest BCUT2D eigenvalue weighted by molar-refractivity contribution is 0.627. The molecule has 0 saturated carbocycles. The number of imidazole rings is 1. The van der Waals surface area contributed by atoms with E-state index in [2.05, 4.69) is 49.8 Å². The molecular formula is C27H27FN6. The van der Waals surface area contributed by atoms with Crippen molar-refractivity contribution in [3.8, 4) is 22.6 Å². The maximum absolute atomic E-state index is 14.0. The molecule has 1 aliphatic rings. The number of hydrogen-bond donors (Lipinski definition) is 3. The second kappa shape index (κ2) is 9.19. The van der Waals surface area contributed by atoms with Gasteiger partial charge in [0.2, 0.25) is 0 Å². The van der Waals surface area contributed by atoms with E-state index in [-0.39, 0.29) is 5.82 Å². The minimum absolute atomic E-state index is 0.261. The van der Waals surface area contributed by atoms with Crippen LogP contribution in [0.15, 0.2) is 54.7 Å². The van der Waals surface area contributed by atoms with E-state index in [4.69, 9.17) is 4.98 Å². The number of aromatic amines is 2. The fourth-order valence-corrected chi connectivity index (χ4v) is 4.43. The minimum atomic E-state index is -0.261. The Morgan fingerprint density at radius 2 is 1.88 bits per heavy atom. The summed E-state index contributed by atoms with van der Waals surface area (Å²) in [7, 11) is 0. The SMILES string of the molecule is CC.Cc1cc(F)cc(-c2ccnc3nc(-c4n[nH]c5ccc(C6=CCNCC6)cc45)[nH]c23)c1. The quantitative estimate of drug-likeness (QED) is 0.311. The number of H-pyrrole nitrogens is 2. The summed E-state index contributed by atoms with van der Waals surface area (Å²) in [5, 5.41) is 12.0. The largest absolute Gasteiger partial charge is 0.335 e. The van der Waals surface area contributed by atoms with Crippen LogP contribution in [0.1, 0.15) is 31.4 Å². The Hall–Kier alpha value is -3.84. The highest BCUT2D eigenvalue weighted by Crippen LogP contribution is 2.32. The van der Waals surface area contributed by atoms with E-state index < -0.39 is 0 Å². The van der Waals surface area contributed by atoms with Crippen molar-refractivity contribution >= 4 is 27.6 Å². The number of halogens is 1. The van der Waals surface area contributed by atoms with Crippen LogP contribution in [-0.4, -0.2) is 38.2 Å². The summed E-state index contributed by atoms with van der Waals surface area (Å²) in [6.45, 7) is 7.76. The Morgan fingerprint density at radius 3 is 2.68 bits per heavy atom. The first-order valence-corrected chi connectivity index (χ1v) is 11.7. The first-order chi connectivity index (χ1) is 16.7. The summed E-state index contributed by atoms with van der Waals surface area (Å²) in [5.41, 5.74) is 8.09. The Labute approximate surface area is 197 Å². The molecule has 7 heteroatoms. The number of aryl methyl sites for hydroxylation is 1. The van der Waals surface area contributed by atoms with E-state index >= 15 is 0 Å². The lowest BCUT2D eigenvalue weighted by Crippen LogP contribution is -2.19. The Kier molecular flexibility index (Phi) is 5.94. The van der Waals surface area contributed by atoms with Gasteiger partial charge in [-0.05, 0) is 72.5 Å². The molecule has 2 aromatic carbocycles. The highest BCUT2D eigenvalue weighted by molar-refractivity contribution is 5.97. The summed E-state index contributed by atoms with van der Waals surface area (Å²) in [6.07, 6.45) is 4.94. The van der Waals surface area contributed by atoms with Gasteiger partial charge in [-0.3, -0.25) is 5.10 Å². The molecule has 0 radical (unpaired) electrons. The van der Waals surface area contributed by atoms with E-state index in [1.165, 1.54) is 23.3 Å². The third-order valence-electron chi connectivity index (χ3n) is 5.97. The molecule has 0 amide bonds. The Morgan fingerprint density at radius 1 is 1.00 bits per heavy atom. The number of nitrogens with one attached hydrogen (secondary N) is 3. The van der Waals surface area contributed by atoms with Crippen LogP contribution in [0.2, 0.25) is 0 Å². The fraction of sp³-hybridized carbons (Fsp3) is 0.222. The first kappa shape index (κ1) is 22.0. The third-order valence-corrected chi connectivity index (χ3v) is 5.97. The van der Waals surface area contributed by atoms with Gasteiger partial charge in [0.05, 0.1) is 11.0 Å². The number of hydrogen-bond acceptors (Lipinski definition) is 4. The van der Waals surface area contributed by atoms with Crippen molar-refractivity contribution in [1.82, 2.24) is 30.5 Å². The fourth-order valence-electron chi connectivity index (χ4n) is 4.43. The molecule has 172 valence electrons. The Bertz CT molecular complexity index is 1490. The first-order valence-electron chi connectivity index (χ1n) is 11.7. The lowest BCUT2D eigenvalue weighted by atomic mass is 9.98. The molecule has 1 aliphatic heterocycles. The molecule has 0 saturated heterocycles.